The molecular weight excluding hydrogens is 618 g/mol. The summed E-state index contributed by atoms with van der Waals surface area (Å²) in [6.45, 7) is 10.7. The standard InChI is InChI=1S/C31H42ClN7O5S/c1-18(2)45(41,42)28-25(17-38(6)37-28)34-27-23(32)16-33-30(36-27)35-24-14-19(3)22(15-26(24)44-21-8-9-21)20-10-12-39(13-11-20)31(4,5)29(40)43-7/h14-18,20-21H,8-13H2,1-7H3,(H2,33,34,35,36). The number of benzene rings is 1. The molecule has 1 saturated heterocycles. The Morgan fingerprint density at radius 1 is 1.11 bits per heavy atom. The number of esters is 1. The summed E-state index contributed by atoms with van der Waals surface area (Å²) in [7, 11) is -0.577. The van der Waals surface area contributed by atoms with Gasteiger partial charge in [-0.1, -0.05) is 11.6 Å². The number of aryl methyl sites for hydroxylation is 2. The van der Waals surface area contributed by atoms with Gasteiger partial charge in [-0.15, -0.1) is 0 Å². The summed E-state index contributed by atoms with van der Waals surface area (Å²) in [5, 5.41) is 10.0. The topological polar surface area (TPSA) is 141 Å². The smallest absolute Gasteiger partial charge is 0.325 e. The number of piperidine rings is 1. The van der Waals surface area contributed by atoms with Gasteiger partial charge in [0.2, 0.25) is 20.8 Å². The molecule has 12 nitrogen and oxygen atoms in total. The molecule has 2 aliphatic rings. The number of methoxy groups -OCH3 is 1. The number of hydrogen-bond donors (Lipinski definition) is 2. The number of likely N-dealkylation sites (tertiary alicyclic amines) is 1. The fourth-order valence-electron chi connectivity index (χ4n) is 5.58. The predicted molar refractivity (Wildman–Crippen MR) is 174 cm³/mol. The molecule has 3 heterocycles. The number of hydrogen-bond acceptors (Lipinski definition) is 11. The number of carbonyl (C=O) groups is 1. The lowest BCUT2D eigenvalue weighted by molar-refractivity contribution is -0.153. The summed E-state index contributed by atoms with van der Waals surface area (Å²) < 4.78 is 38.7. The van der Waals surface area contributed by atoms with Crippen LogP contribution >= 0.6 is 11.6 Å². The number of sulfone groups is 1. The van der Waals surface area contributed by atoms with Crippen molar-refractivity contribution < 1.29 is 22.7 Å². The van der Waals surface area contributed by atoms with Crippen LogP contribution < -0.4 is 15.4 Å². The second kappa shape index (κ2) is 12.8. The summed E-state index contributed by atoms with van der Waals surface area (Å²) in [5.74, 6) is 1.33. The van der Waals surface area contributed by atoms with Gasteiger partial charge in [0.15, 0.2) is 5.82 Å². The molecule has 0 bridgehead atoms. The summed E-state index contributed by atoms with van der Waals surface area (Å²) in [6, 6.07) is 4.17. The second-order valence-corrected chi connectivity index (χ2v) is 15.4. The molecule has 2 fully saturated rings. The third kappa shape index (κ3) is 7.05. The van der Waals surface area contributed by atoms with Gasteiger partial charge in [0.05, 0.1) is 36.0 Å². The van der Waals surface area contributed by atoms with Crippen LogP contribution in [0.4, 0.5) is 23.1 Å². The minimum atomic E-state index is -3.66. The summed E-state index contributed by atoms with van der Waals surface area (Å²) in [4.78, 5) is 23.5. The van der Waals surface area contributed by atoms with Crippen LogP contribution in [-0.2, 0) is 26.4 Å². The van der Waals surface area contributed by atoms with Crippen molar-refractivity contribution >= 4 is 50.5 Å². The number of ether oxygens (including phenoxy) is 2. The van der Waals surface area contributed by atoms with Crippen molar-refractivity contribution in [1.29, 1.82) is 0 Å². The third-order valence-electron chi connectivity index (χ3n) is 8.53. The molecule has 1 aliphatic carbocycles. The van der Waals surface area contributed by atoms with E-state index in [4.69, 9.17) is 21.1 Å². The Hall–Kier alpha value is -3.42. The van der Waals surface area contributed by atoms with Crippen LogP contribution in [0, 0.1) is 6.92 Å². The highest BCUT2D eigenvalue weighted by molar-refractivity contribution is 7.92. The molecular formula is C31H42ClN7O5S. The molecule has 2 aromatic heterocycles. The van der Waals surface area contributed by atoms with Crippen LogP contribution in [-0.4, -0.2) is 76.1 Å². The molecule has 2 N–H and O–H groups in total. The molecule has 1 aromatic carbocycles. The number of carbonyl (C=O) groups excluding carboxylic acids is 1. The molecule has 45 heavy (non-hydrogen) atoms. The van der Waals surface area contributed by atoms with E-state index in [-0.39, 0.29) is 39.6 Å². The van der Waals surface area contributed by atoms with Crippen LogP contribution in [0.25, 0.3) is 0 Å². The third-order valence-corrected chi connectivity index (χ3v) is 10.9. The quantitative estimate of drug-likeness (QED) is 0.252. The lowest BCUT2D eigenvalue weighted by Gasteiger charge is -2.41. The molecule has 0 atom stereocenters. The lowest BCUT2D eigenvalue weighted by Crippen LogP contribution is -2.53. The van der Waals surface area contributed by atoms with E-state index in [1.54, 1.807) is 27.1 Å². The maximum atomic E-state index is 12.9. The molecule has 0 unspecified atom stereocenters. The van der Waals surface area contributed by atoms with Gasteiger partial charge >= 0.3 is 5.97 Å². The highest BCUT2D eigenvalue weighted by Crippen LogP contribution is 2.41. The molecule has 5 rings (SSSR count). The average molecular weight is 660 g/mol. The zero-order valence-corrected chi connectivity index (χ0v) is 28.4. The minimum absolute atomic E-state index is 0.0739. The Kier molecular flexibility index (Phi) is 9.35. The summed E-state index contributed by atoms with van der Waals surface area (Å²) in [6.07, 6.45) is 7.02. The zero-order valence-electron chi connectivity index (χ0n) is 26.8. The van der Waals surface area contributed by atoms with Crippen molar-refractivity contribution in [2.24, 2.45) is 7.05 Å². The summed E-state index contributed by atoms with van der Waals surface area (Å²) >= 11 is 6.44. The van der Waals surface area contributed by atoms with E-state index in [1.807, 2.05) is 13.8 Å². The first-order valence-corrected chi connectivity index (χ1v) is 17.1. The van der Waals surface area contributed by atoms with Gasteiger partial charge in [0.25, 0.3) is 0 Å². The normalized spacial score (nSPS) is 16.6. The van der Waals surface area contributed by atoms with Gasteiger partial charge in [0.1, 0.15) is 16.3 Å². The first-order valence-electron chi connectivity index (χ1n) is 15.2. The number of nitrogens with one attached hydrogen (secondary N) is 2. The lowest BCUT2D eigenvalue weighted by atomic mass is 9.84. The Morgan fingerprint density at radius 3 is 2.42 bits per heavy atom. The first-order chi connectivity index (χ1) is 21.2. The van der Waals surface area contributed by atoms with E-state index >= 15 is 0 Å². The molecule has 14 heteroatoms. The fourth-order valence-corrected chi connectivity index (χ4v) is 6.82. The molecule has 0 radical (unpaired) electrons. The number of anilines is 4. The molecule has 3 aromatic rings. The van der Waals surface area contributed by atoms with Crippen molar-refractivity contribution in [1.82, 2.24) is 24.6 Å². The van der Waals surface area contributed by atoms with Crippen molar-refractivity contribution in [2.75, 3.05) is 30.8 Å². The van der Waals surface area contributed by atoms with Crippen LogP contribution in [0.15, 0.2) is 29.6 Å². The van der Waals surface area contributed by atoms with Crippen LogP contribution in [0.2, 0.25) is 5.02 Å². The van der Waals surface area contributed by atoms with Crippen molar-refractivity contribution in [3.63, 3.8) is 0 Å². The maximum absolute atomic E-state index is 12.9. The van der Waals surface area contributed by atoms with Gasteiger partial charge in [-0.2, -0.15) is 10.1 Å². The molecule has 0 spiro atoms. The predicted octanol–water partition coefficient (Wildman–Crippen LogP) is 5.51. The largest absolute Gasteiger partial charge is 0.488 e. The van der Waals surface area contributed by atoms with E-state index in [2.05, 4.69) is 49.7 Å². The van der Waals surface area contributed by atoms with E-state index in [0.29, 0.717) is 5.92 Å². The van der Waals surface area contributed by atoms with E-state index in [1.165, 1.54) is 23.6 Å². The van der Waals surface area contributed by atoms with E-state index in [0.717, 1.165) is 55.8 Å². The second-order valence-electron chi connectivity index (χ2n) is 12.6. The average Bonchev–Trinajstić information content (AvgIpc) is 3.74. The molecule has 1 aliphatic heterocycles. The number of halogens is 1. The zero-order chi connectivity index (χ0) is 32.7. The van der Waals surface area contributed by atoms with Gasteiger partial charge < -0.3 is 20.1 Å². The van der Waals surface area contributed by atoms with Crippen LogP contribution in [0.3, 0.4) is 0 Å². The molecule has 244 valence electrons. The maximum Gasteiger partial charge on any atom is 0.325 e. The number of rotatable bonds is 11. The van der Waals surface area contributed by atoms with E-state index in [9.17, 15) is 13.2 Å². The SMILES string of the molecule is COC(=O)C(C)(C)N1CCC(c2cc(OC3CC3)c(Nc3ncc(Cl)c(Nc4cn(C)nc4S(=O)(=O)C(C)C)n3)cc2C)CC1. The van der Waals surface area contributed by atoms with Gasteiger partial charge in [0, 0.05) is 13.2 Å². The fraction of sp³-hybridized carbons (Fsp3) is 0.548. The van der Waals surface area contributed by atoms with Crippen molar-refractivity contribution in [3.8, 4) is 5.75 Å². The van der Waals surface area contributed by atoms with Gasteiger partial charge in [-0.05, 0) is 103 Å². The highest BCUT2D eigenvalue weighted by Gasteiger charge is 2.38. The van der Waals surface area contributed by atoms with Gasteiger partial charge in [-0.3, -0.25) is 14.4 Å². The van der Waals surface area contributed by atoms with Crippen LogP contribution in [0.5, 0.6) is 5.75 Å². The van der Waals surface area contributed by atoms with Crippen molar-refractivity contribution in [3.05, 3.63) is 40.7 Å². The Morgan fingerprint density at radius 2 is 1.80 bits per heavy atom. The van der Waals surface area contributed by atoms with Crippen LogP contribution in [0.1, 0.15) is 70.4 Å². The Balaban J connectivity index is 1.38. The monoisotopic (exact) mass is 659 g/mol. The molecule has 1 saturated carbocycles. The minimum Gasteiger partial charge on any atom is -0.488 e. The number of nitrogens with zero attached hydrogens (tertiary/aromatic N) is 5. The first kappa shape index (κ1) is 33.0. The van der Waals surface area contributed by atoms with Crippen molar-refractivity contribution in [2.45, 2.75) is 88.1 Å². The number of aromatic nitrogens is 4. The highest BCUT2D eigenvalue weighted by atomic mass is 35.5. The van der Waals surface area contributed by atoms with Gasteiger partial charge in [-0.25, -0.2) is 13.4 Å². The Bertz CT molecular complexity index is 1680. The molecule has 0 amide bonds. The van der Waals surface area contributed by atoms with E-state index < -0.39 is 20.6 Å². The summed E-state index contributed by atoms with van der Waals surface area (Å²) in [5.41, 5.74) is 2.66. The Labute approximate surface area is 269 Å².